The zero-order chi connectivity index (χ0) is 12.3. The smallest absolute Gasteiger partial charge is 0.315 e. The van der Waals surface area contributed by atoms with Crippen LogP contribution < -0.4 is 10.6 Å². The maximum Gasteiger partial charge on any atom is 0.315 e. The van der Waals surface area contributed by atoms with E-state index in [0.717, 1.165) is 0 Å². The predicted octanol–water partition coefficient (Wildman–Crippen LogP) is 2.77. The Bertz CT molecular complexity index is 211. The Hall–Kier alpha value is -0.730. The molecular formula is C12H26N2O. The summed E-state index contributed by atoms with van der Waals surface area (Å²) in [6, 6.07) is -0.0846. The Morgan fingerprint density at radius 2 is 1.60 bits per heavy atom. The minimum absolute atomic E-state index is 0.0846. The fraction of sp³-hybridized carbons (Fsp3) is 0.917. The van der Waals surface area contributed by atoms with Gasteiger partial charge >= 0.3 is 6.03 Å². The standard InChI is InChI=1S/C12H26N2O/c1-9(11(2,3)4)8-13-10(15)14-12(5,6)7/h9H,8H2,1-7H3,(H2,13,14,15). The third-order valence-corrected chi connectivity index (χ3v) is 2.54. The molecule has 0 rings (SSSR count). The average Bonchev–Trinajstić information content (AvgIpc) is 1.94. The van der Waals surface area contributed by atoms with Crippen LogP contribution in [0.3, 0.4) is 0 Å². The van der Waals surface area contributed by atoms with Gasteiger partial charge in [0, 0.05) is 12.1 Å². The van der Waals surface area contributed by atoms with E-state index in [1.807, 2.05) is 20.8 Å². The first-order valence-electron chi connectivity index (χ1n) is 5.58. The van der Waals surface area contributed by atoms with Crippen LogP contribution in [-0.4, -0.2) is 18.1 Å². The van der Waals surface area contributed by atoms with Gasteiger partial charge in [-0.15, -0.1) is 0 Å². The normalized spacial score (nSPS) is 14.6. The molecule has 0 aromatic carbocycles. The maximum absolute atomic E-state index is 11.5. The number of carbonyl (C=O) groups excluding carboxylic acids is 1. The Kier molecular flexibility index (Phi) is 4.63. The monoisotopic (exact) mass is 214 g/mol. The topological polar surface area (TPSA) is 41.1 Å². The van der Waals surface area contributed by atoms with Crippen LogP contribution in [-0.2, 0) is 0 Å². The summed E-state index contributed by atoms with van der Waals surface area (Å²) >= 11 is 0. The Morgan fingerprint density at radius 1 is 1.13 bits per heavy atom. The van der Waals surface area contributed by atoms with Crippen molar-refractivity contribution in [2.45, 2.75) is 54.0 Å². The molecule has 0 heterocycles. The largest absolute Gasteiger partial charge is 0.338 e. The maximum atomic E-state index is 11.5. The van der Waals surface area contributed by atoms with Crippen LogP contribution in [0.5, 0.6) is 0 Å². The van der Waals surface area contributed by atoms with E-state index in [2.05, 4.69) is 38.3 Å². The second-order valence-electron chi connectivity index (χ2n) is 6.35. The van der Waals surface area contributed by atoms with Crippen LogP contribution in [0.1, 0.15) is 48.5 Å². The minimum Gasteiger partial charge on any atom is -0.338 e. The van der Waals surface area contributed by atoms with Crippen molar-refractivity contribution >= 4 is 6.03 Å². The molecule has 0 aliphatic rings. The van der Waals surface area contributed by atoms with Gasteiger partial charge in [0.2, 0.25) is 0 Å². The lowest BCUT2D eigenvalue weighted by Gasteiger charge is -2.28. The summed E-state index contributed by atoms with van der Waals surface area (Å²) in [6.07, 6.45) is 0. The molecule has 3 nitrogen and oxygen atoms in total. The number of carbonyl (C=O) groups is 1. The van der Waals surface area contributed by atoms with Crippen molar-refractivity contribution in [2.75, 3.05) is 6.54 Å². The molecule has 0 aliphatic carbocycles. The molecule has 0 bridgehead atoms. The highest BCUT2D eigenvalue weighted by molar-refractivity contribution is 5.74. The quantitative estimate of drug-likeness (QED) is 0.729. The summed E-state index contributed by atoms with van der Waals surface area (Å²) < 4.78 is 0. The lowest BCUT2D eigenvalue weighted by Crippen LogP contribution is -2.48. The molecule has 0 aliphatic heterocycles. The Labute approximate surface area is 94.0 Å². The summed E-state index contributed by atoms with van der Waals surface area (Å²) in [5.74, 6) is 0.461. The minimum atomic E-state index is -0.172. The highest BCUT2D eigenvalue weighted by Crippen LogP contribution is 2.24. The van der Waals surface area contributed by atoms with Crippen LogP contribution >= 0.6 is 0 Å². The summed E-state index contributed by atoms with van der Waals surface area (Å²) in [6.45, 7) is 15.3. The lowest BCUT2D eigenvalue weighted by molar-refractivity contribution is 0.218. The number of nitrogens with one attached hydrogen (secondary N) is 2. The molecule has 0 fully saturated rings. The third kappa shape index (κ3) is 7.23. The molecule has 0 saturated carbocycles. The summed E-state index contributed by atoms with van der Waals surface area (Å²) in [5.41, 5.74) is 0.0596. The van der Waals surface area contributed by atoms with Gasteiger partial charge in [-0.25, -0.2) is 4.79 Å². The molecule has 0 saturated heterocycles. The van der Waals surface area contributed by atoms with Crippen molar-refractivity contribution in [1.82, 2.24) is 10.6 Å². The van der Waals surface area contributed by atoms with Gasteiger partial charge in [-0.3, -0.25) is 0 Å². The van der Waals surface area contributed by atoms with Crippen molar-refractivity contribution < 1.29 is 4.79 Å². The van der Waals surface area contributed by atoms with Crippen LogP contribution in [0.25, 0.3) is 0 Å². The van der Waals surface area contributed by atoms with E-state index in [-0.39, 0.29) is 17.0 Å². The van der Waals surface area contributed by atoms with E-state index in [0.29, 0.717) is 12.5 Å². The van der Waals surface area contributed by atoms with E-state index in [1.54, 1.807) is 0 Å². The van der Waals surface area contributed by atoms with Gasteiger partial charge in [0.1, 0.15) is 0 Å². The highest BCUT2D eigenvalue weighted by atomic mass is 16.2. The van der Waals surface area contributed by atoms with Crippen LogP contribution in [0, 0.1) is 11.3 Å². The van der Waals surface area contributed by atoms with Crippen molar-refractivity contribution in [3.63, 3.8) is 0 Å². The SMILES string of the molecule is CC(CNC(=O)NC(C)(C)C)C(C)(C)C. The summed E-state index contributed by atoms with van der Waals surface area (Å²) in [5, 5.41) is 5.77. The summed E-state index contributed by atoms with van der Waals surface area (Å²) in [4.78, 5) is 11.5. The first-order chi connectivity index (χ1) is 6.52. The molecule has 0 aromatic rings. The van der Waals surface area contributed by atoms with E-state index in [4.69, 9.17) is 0 Å². The molecular weight excluding hydrogens is 188 g/mol. The molecule has 1 unspecified atom stereocenters. The lowest BCUT2D eigenvalue weighted by atomic mass is 9.82. The third-order valence-electron chi connectivity index (χ3n) is 2.54. The van der Waals surface area contributed by atoms with Crippen LogP contribution in [0.2, 0.25) is 0 Å². The van der Waals surface area contributed by atoms with Crippen molar-refractivity contribution in [3.8, 4) is 0 Å². The van der Waals surface area contributed by atoms with Gasteiger partial charge in [-0.2, -0.15) is 0 Å². The molecule has 2 amide bonds. The molecule has 0 aromatic heterocycles. The zero-order valence-corrected chi connectivity index (χ0v) is 11.2. The fourth-order valence-corrected chi connectivity index (χ4v) is 0.937. The van der Waals surface area contributed by atoms with Gasteiger partial charge in [-0.1, -0.05) is 27.7 Å². The van der Waals surface area contributed by atoms with E-state index in [1.165, 1.54) is 0 Å². The molecule has 15 heavy (non-hydrogen) atoms. The van der Waals surface area contributed by atoms with E-state index in [9.17, 15) is 4.79 Å². The molecule has 0 radical (unpaired) electrons. The number of hydrogen-bond donors (Lipinski definition) is 2. The van der Waals surface area contributed by atoms with Crippen LogP contribution in [0.4, 0.5) is 4.79 Å². The first kappa shape index (κ1) is 14.3. The van der Waals surface area contributed by atoms with Gasteiger partial charge in [0.15, 0.2) is 0 Å². The number of hydrogen-bond acceptors (Lipinski definition) is 1. The van der Waals surface area contributed by atoms with Crippen LogP contribution in [0.15, 0.2) is 0 Å². The van der Waals surface area contributed by atoms with Gasteiger partial charge in [0.05, 0.1) is 0 Å². The molecule has 3 heteroatoms. The zero-order valence-electron chi connectivity index (χ0n) is 11.2. The fourth-order valence-electron chi connectivity index (χ4n) is 0.937. The first-order valence-corrected chi connectivity index (χ1v) is 5.58. The summed E-state index contributed by atoms with van der Waals surface area (Å²) in [7, 11) is 0. The van der Waals surface area contributed by atoms with E-state index >= 15 is 0 Å². The molecule has 90 valence electrons. The second-order valence-corrected chi connectivity index (χ2v) is 6.35. The average molecular weight is 214 g/mol. The highest BCUT2D eigenvalue weighted by Gasteiger charge is 2.21. The van der Waals surface area contributed by atoms with Gasteiger partial charge < -0.3 is 10.6 Å². The van der Waals surface area contributed by atoms with Crippen molar-refractivity contribution in [2.24, 2.45) is 11.3 Å². The Morgan fingerprint density at radius 3 is 1.93 bits per heavy atom. The van der Waals surface area contributed by atoms with Crippen molar-refractivity contribution in [3.05, 3.63) is 0 Å². The van der Waals surface area contributed by atoms with Gasteiger partial charge in [0.25, 0.3) is 0 Å². The second kappa shape index (κ2) is 4.86. The molecule has 0 spiro atoms. The molecule has 1 atom stereocenters. The number of rotatable bonds is 2. The Balaban J connectivity index is 3.92. The van der Waals surface area contributed by atoms with Gasteiger partial charge in [-0.05, 0) is 32.1 Å². The predicted molar refractivity (Wildman–Crippen MR) is 64.9 cm³/mol. The number of amides is 2. The number of urea groups is 1. The van der Waals surface area contributed by atoms with E-state index < -0.39 is 0 Å². The molecule has 2 N–H and O–H groups in total. The van der Waals surface area contributed by atoms with Crippen molar-refractivity contribution in [1.29, 1.82) is 0 Å².